The van der Waals surface area contributed by atoms with E-state index in [2.05, 4.69) is 26.3 Å². The van der Waals surface area contributed by atoms with Crippen LogP contribution in [0, 0.1) is 0 Å². The lowest BCUT2D eigenvalue weighted by Crippen LogP contribution is -2.51. The van der Waals surface area contributed by atoms with Crippen molar-refractivity contribution in [2.45, 2.75) is 50.9 Å². The Labute approximate surface area is 210 Å². The molecule has 1 aromatic heterocycles. The topological polar surface area (TPSA) is 222 Å². The number of benzene rings is 1. The Morgan fingerprint density at radius 2 is 1.62 bits per heavy atom. The third-order valence-electron chi connectivity index (χ3n) is 4.91. The van der Waals surface area contributed by atoms with E-state index in [4.69, 9.17) is 9.84 Å². The molecule has 0 spiro atoms. The molecule has 15 nitrogen and oxygen atoms in total. The summed E-state index contributed by atoms with van der Waals surface area (Å²) in [7, 11) is 0. The Kier molecular flexibility index (Phi) is 11.3. The van der Waals surface area contributed by atoms with Crippen LogP contribution in [0.4, 0.5) is 9.59 Å². The van der Waals surface area contributed by atoms with Crippen LogP contribution in [0.1, 0.15) is 30.5 Å². The van der Waals surface area contributed by atoms with E-state index in [1.165, 1.54) is 6.20 Å². The number of hydrogen-bond donors (Lipinski definition) is 6. The van der Waals surface area contributed by atoms with Crippen LogP contribution in [-0.4, -0.2) is 79.0 Å². The molecule has 0 saturated heterocycles. The molecule has 15 heteroatoms. The number of aromatic nitrogens is 3. The highest BCUT2D eigenvalue weighted by atomic mass is 16.5. The van der Waals surface area contributed by atoms with Crippen LogP contribution in [-0.2, 0) is 38.7 Å². The molecule has 0 aliphatic rings. The van der Waals surface area contributed by atoms with Crippen LogP contribution in [0.25, 0.3) is 0 Å². The van der Waals surface area contributed by atoms with E-state index >= 15 is 0 Å². The normalized spacial score (nSPS) is 12.1. The summed E-state index contributed by atoms with van der Waals surface area (Å²) in [6.07, 6.45) is 1.10. The predicted octanol–water partition coefficient (Wildman–Crippen LogP) is 0.208. The van der Waals surface area contributed by atoms with Crippen molar-refractivity contribution in [1.29, 1.82) is 0 Å². The number of nitrogens with zero attached hydrogens (tertiary/aromatic N) is 3. The fourth-order valence-corrected chi connectivity index (χ4v) is 3.11. The van der Waals surface area contributed by atoms with Crippen LogP contribution in [0.15, 0.2) is 36.5 Å². The highest BCUT2D eigenvalue weighted by Gasteiger charge is 2.25. The van der Waals surface area contributed by atoms with E-state index in [0.29, 0.717) is 12.8 Å². The first-order valence-electron chi connectivity index (χ1n) is 11.2. The van der Waals surface area contributed by atoms with E-state index in [9.17, 15) is 34.2 Å². The monoisotopic (exact) mass is 520 g/mol. The molecule has 1 heterocycles. The van der Waals surface area contributed by atoms with Gasteiger partial charge in [0.1, 0.15) is 25.2 Å². The molecule has 0 saturated carbocycles. The van der Waals surface area contributed by atoms with Gasteiger partial charge in [-0.05, 0) is 24.8 Å². The summed E-state index contributed by atoms with van der Waals surface area (Å²) in [5, 5.41) is 41.7. The number of rotatable bonds is 15. The molecule has 2 atom stereocenters. The first-order valence-corrected chi connectivity index (χ1v) is 11.2. The molecule has 0 bridgehead atoms. The van der Waals surface area contributed by atoms with Crippen molar-refractivity contribution in [3.8, 4) is 0 Å². The van der Waals surface area contributed by atoms with Gasteiger partial charge in [-0.25, -0.2) is 23.9 Å². The quantitative estimate of drug-likeness (QED) is 0.174. The van der Waals surface area contributed by atoms with Crippen molar-refractivity contribution in [2.24, 2.45) is 0 Å². The fraction of sp³-hybridized carbons (Fsp3) is 0.409. The number of urea groups is 1. The number of carboxylic acids is 3. The van der Waals surface area contributed by atoms with E-state index in [1.807, 2.05) is 30.3 Å². The lowest BCUT2D eigenvalue weighted by molar-refractivity contribution is -0.139. The van der Waals surface area contributed by atoms with E-state index in [0.717, 1.165) is 10.2 Å². The second-order valence-electron chi connectivity index (χ2n) is 7.89. The fourth-order valence-electron chi connectivity index (χ4n) is 3.11. The Morgan fingerprint density at radius 1 is 0.946 bits per heavy atom. The number of carbonyl (C=O) groups excluding carboxylic acids is 2. The Morgan fingerprint density at radius 3 is 2.27 bits per heavy atom. The number of hydrogen-bond acceptors (Lipinski definition) is 8. The molecule has 1 aromatic carbocycles. The van der Waals surface area contributed by atoms with Crippen molar-refractivity contribution in [3.63, 3.8) is 0 Å². The van der Waals surface area contributed by atoms with E-state index < -0.39 is 48.7 Å². The highest BCUT2D eigenvalue weighted by molar-refractivity contribution is 5.86. The van der Waals surface area contributed by atoms with Crippen molar-refractivity contribution in [2.75, 3.05) is 6.54 Å². The summed E-state index contributed by atoms with van der Waals surface area (Å²) in [5.74, 6) is -3.88. The number of nitrogens with one attached hydrogen (secondary N) is 3. The van der Waals surface area contributed by atoms with Crippen molar-refractivity contribution in [3.05, 3.63) is 47.8 Å². The molecule has 0 aliphatic carbocycles. The van der Waals surface area contributed by atoms with Crippen LogP contribution >= 0.6 is 0 Å². The van der Waals surface area contributed by atoms with Crippen molar-refractivity contribution in [1.82, 2.24) is 30.9 Å². The van der Waals surface area contributed by atoms with E-state index in [-0.39, 0.29) is 31.7 Å². The van der Waals surface area contributed by atoms with Gasteiger partial charge in [-0.15, -0.1) is 5.10 Å². The SMILES string of the molecule is O=C(O)Cn1cc(C[C@H](NC(=O)N[C@@H](CCCCNC(=O)OCc2ccccc2)C(=O)O)C(=O)O)nn1. The van der Waals surface area contributed by atoms with Crippen molar-refractivity contribution >= 4 is 30.0 Å². The number of alkyl carbamates (subject to hydrolysis) is 1. The van der Waals surface area contributed by atoms with Gasteiger partial charge in [-0.3, -0.25) is 4.79 Å². The lowest BCUT2D eigenvalue weighted by atomic mass is 10.1. The molecule has 37 heavy (non-hydrogen) atoms. The molecule has 0 fully saturated rings. The van der Waals surface area contributed by atoms with Gasteiger partial charge in [-0.1, -0.05) is 35.5 Å². The zero-order valence-electron chi connectivity index (χ0n) is 19.7. The van der Waals surface area contributed by atoms with Gasteiger partial charge in [-0.2, -0.15) is 0 Å². The van der Waals surface area contributed by atoms with Gasteiger partial charge in [0, 0.05) is 19.2 Å². The summed E-state index contributed by atoms with van der Waals surface area (Å²) >= 11 is 0. The van der Waals surface area contributed by atoms with Gasteiger partial charge in [0.05, 0.1) is 5.69 Å². The number of aliphatic carboxylic acids is 3. The number of amides is 3. The van der Waals surface area contributed by atoms with Gasteiger partial charge in [0.2, 0.25) is 0 Å². The molecule has 3 amide bonds. The lowest BCUT2D eigenvalue weighted by Gasteiger charge is -2.18. The third kappa shape index (κ3) is 11.1. The first-order chi connectivity index (χ1) is 17.6. The Hall–Kier alpha value is -4.69. The summed E-state index contributed by atoms with van der Waals surface area (Å²) < 4.78 is 6.07. The third-order valence-corrected chi connectivity index (χ3v) is 4.91. The summed E-state index contributed by atoms with van der Waals surface area (Å²) in [4.78, 5) is 57.7. The zero-order valence-corrected chi connectivity index (χ0v) is 19.7. The molecular weight excluding hydrogens is 492 g/mol. The minimum Gasteiger partial charge on any atom is -0.480 e. The smallest absolute Gasteiger partial charge is 0.407 e. The number of ether oxygens (including phenoxy) is 1. The van der Waals surface area contributed by atoms with Gasteiger partial charge in [0.15, 0.2) is 0 Å². The average molecular weight is 520 g/mol. The maximum atomic E-state index is 12.2. The van der Waals surface area contributed by atoms with E-state index in [1.54, 1.807) is 0 Å². The van der Waals surface area contributed by atoms with Gasteiger partial charge >= 0.3 is 30.0 Å². The van der Waals surface area contributed by atoms with Gasteiger partial charge in [0.25, 0.3) is 0 Å². The van der Waals surface area contributed by atoms with Crippen LogP contribution < -0.4 is 16.0 Å². The van der Waals surface area contributed by atoms with Crippen LogP contribution in [0.2, 0.25) is 0 Å². The molecular formula is C22H28N6O9. The second-order valence-corrected chi connectivity index (χ2v) is 7.89. The Bertz CT molecular complexity index is 1080. The average Bonchev–Trinajstić information content (AvgIpc) is 3.27. The minimum atomic E-state index is -1.46. The molecule has 0 radical (unpaired) electrons. The molecule has 0 unspecified atom stereocenters. The van der Waals surface area contributed by atoms with Gasteiger partial charge < -0.3 is 36.0 Å². The van der Waals surface area contributed by atoms with Crippen LogP contribution in [0.5, 0.6) is 0 Å². The molecule has 6 N–H and O–H groups in total. The Balaban J connectivity index is 1.73. The highest BCUT2D eigenvalue weighted by Crippen LogP contribution is 2.04. The zero-order chi connectivity index (χ0) is 27.2. The number of unbranched alkanes of at least 4 members (excludes halogenated alkanes) is 1. The molecule has 200 valence electrons. The molecule has 2 rings (SSSR count). The van der Waals surface area contributed by atoms with Crippen molar-refractivity contribution < 1.29 is 44.0 Å². The summed E-state index contributed by atoms with van der Waals surface area (Å²) in [6.45, 7) is -0.121. The molecule has 0 aliphatic heterocycles. The number of carbonyl (C=O) groups is 5. The number of carboxylic acid groups (broad SMARTS) is 3. The predicted molar refractivity (Wildman–Crippen MR) is 124 cm³/mol. The summed E-state index contributed by atoms with van der Waals surface area (Å²) in [5.41, 5.74) is 0.958. The van der Waals surface area contributed by atoms with Crippen LogP contribution in [0.3, 0.4) is 0 Å². The first kappa shape index (κ1) is 28.5. The minimum absolute atomic E-state index is 0.0325. The maximum absolute atomic E-state index is 12.2. The maximum Gasteiger partial charge on any atom is 0.407 e. The standard InChI is InChI=1S/C22H28N6O9/c29-18(30)12-28-11-15(26-27-28)10-17(20(33)34)25-21(35)24-16(19(31)32)8-4-5-9-23-22(36)37-13-14-6-2-1-3-7-14/h1-3,6-7,11,16-17H,4-5,8-10,12-13H2,(H,23,36)(H,29,30)(H,31,32)(H,33,34)(H2,24,25,35)/t16-,17-/m0/s1. The largest absolute Gasteiger partial charge is 0.480 e. The molecule has 2 aromatic rings. The second kappa shape index (κ2) is 14.7. The summed E-state index contributed by atoms with van der Waals surface area (Å²) in [6, 6.07) is 5.34.